The van der Waals surface area contributed by atoms with E-state index in [0.29, 0.717) is 30.5 Å². The Morgan fingerprint density at radius 2 is 1.76 bits per heavy atom. The average molecular weight is 518 g/mol. The third-order valence-electron chi connectivity index (χ3n) is 6.74. The molecule has 1 amide bonds. The number of para-hydroxylation sites is 2. The number of aliphatic hydroxyl groups is 1. The second kappa shape index (κ2) is 13.3. The van der Waals surface area contributed by atoms with Crippen LogP contribution in [0.4, 0.5) is 17.2 Å². The monoisotopic (exact) mass is 517 g/mol. The number of rotatable bonds is 11. The summed E-state index contributed by atoms with van der Waals surface area (Å²) < 4.78 is 5.78. The number of hydrogen-bond donors (Lipinski definition) is 3. The molecule has 0 spiro atoms. The van der Waals surface area contributed by atoms with Crippen LogP contribution in [0.25, 0.3) is 0 Å². The molecule has 4 rings (SSSR count). The van der Waals surface area contributed by atoms with Crippen LogP contribution < -0.4 is 20.3 Å². The summed E-state index contributed by atoms with van der Waals surface area (Å²) in [5.74, 6) is 1.58. The number of piperazine rings is 1. The summed E-state index contributed by atoms with van der Waals surface area (Å²) in [4.78, 5) is 21.9. The maximum atomic E-state index is 12.9. The Morgan fingerprint density at radius 3 is 2.47 bits per heavy atom. The quantitative estimate of drug-likeness (QED) is 0.350. The van der Waals surface area contributed by atoms with Crippen LogP contribution in [0.15, 0.2) is 66.9 Å². The van der Waals surface area contributed by atoms with Gasteiger partial charge >= 0.3 is 0 Å². The van der Waals surface area contributed by atoms with E-state index in [1.54, 1.807) is 18.3 Å². The fourth-order valence-electron chi connectivity index (χ4n) is 4.61. The normalized spacial score (nSPS) is 14.8. The lowest BCUT2D eigenvalue weighted by Gasteiger charge is -2.37. The zero-order valence-corrected chi connectivity index (χ0v) is 22.6. The number of anilines is 3. The second-order valence-corrected chi connectivity index (χ2v) is 9.85. The van der Waals surface area contributed by atoms with Gasteiger partial charge in [-0.3, -0.25) is 9.69 Å². The van der Waals surface area contributed by atoms with Crippen LogP contribution >= 0.6 is 0 Å². The van der Waals surface area contributed by atoms with Gasteiger partial charge in [-0.15, -0.1) is 0 Å². The Bertz CT molecular complexity index is 1180. The van der Waals surface area contributed by atoms with Gasteiger partial charge in [-0.25, -0.2) is 4.98 Å². The molecule has 202 valence electrons. The molecule has 0 aliphatic carbocycles. The van der Waals surface area contributed by atoms with E-state index in [4.69, 9.17) is 4.74 Å². The number of aromatic nitrogens is 1. The smallest absolute Gasteiger partial charge is 0.255 e. The van der Waals surface area contributed by atoms with E-state index in [1.807, 2.05) is 37.3 Å². The van der Waals surface area contributed by atoms with Crippen molar-refractivity contribution in [3.05, 3.63) is 78.0 Å². The minimum absolute atomic E-state index is 0.170. The van der Waals surface area contributed by atoms with Gasteiger partial charge in [0.25, 0.3) is 5.91 Å². The topological polar surface area (TPSA) is 90.0 Å². The summed E-state index contributed by atoms with van der Waals surface area (Å²) >= 11 is 0. The number of nitrogens with one attached hydrogen (secondary N) is 2. The fraction of sp³-hybridized carbons (Fsp3) is 0.400. The first-order chi connectivity index (χ1) is 18.4. The van der Waals surface area contributed by atoms with E-state index >= 15 is 0 Å². The lowest BCUT2D eigenvalue weighted by Crippen LogP contribution is -2.50. The van der Waals surface area contributed by atoms with Gasteiger partial charge in [0.15, 0.2) is 0 Å². The van der Waals surface area contributed by atoms with Gasteiger partial charge < -0.3 is 25.4 Å². The van der Waals surface area contributed by atoms with Crippen molar-refractivity contribution in [2.24, 2.45) is 0 Å². The number of hydrogen-bond acceptors (Lipinski definition) is 7. The van der Waals surface area contributed by atoms with Crippen molar-refractivity contribution in [2.75, 3.05) is 56.1 Å². The van der Waals surface area contributed by atoms with Gasteiger partial charge in [0.1, 0.15) is 11.6 Å². The van der Waals surface area contributed by atoms with E-state index in [2.05, 4.69) is 57.5 Å². The number of pyridine rings is 1. The van der Waals surface area contributed by atoms with E-state index in [0.717, 1.165) is 43.3 Å². The Kier molecular flexibility index (Phi) is 9.56. The van der Waals surface area contributed by atoms with Gasteiger partial charge in [-0.05, 0) is 54.8 Å². The highest BCUT2D eigenvalue weighted by Gasteiger charge is 2.22. The lowest BCUT2D eigenvalue weighted by molar-refractivity contribution is 0.0852. The standard InChI is InChI=1S/C30H39N5O3/c1-4-38-28-10-6-5-9-27(28)35-18-16-34(17-19-35)21-25(36)20-32-30(37)26-8-7-15-31-29(26)33-24-13-11-23(12-14-24)22(2)3/h5-15,22,25,36H,4,16-21H2,1-3H3,(H,31,33)(H,32,37). The van der Waals surface area contributed by atoms with Crippen molar-refractivity contribution in [1.82, 2.24) is 15.2 Å². The Labute approximate surface area is 225 Å². The zero-order chi connectivity index (χ0) is 26.9. The number of amides is 1. The Morgan fingerprint density at radius 1 is 1.03 bits per heavy atom. The van der Waals surface area contributed by atoms with Crippen LogP contribution in [-0.2, 0) is 0 Å². The van der Waals surface area contributed by atoms with Gasteiger partial charge in [0, 0.05) is 51.2 Å². The highest BCUT2D eigenvalue weighted by atomic mass is 16.5. The molecule has 8 heteroatoms. The number of carbonyl (C=O) groups excluding carboxylic acids is 1. The van der Waals surface area contributed by atoms with E-state index in [9.17, 15) is 9.90 Å². The van der Waals surface area contributed by atoms with Crippen LogP contribution in [-0.4, -0.2) is 72.9 Å². The molecule has 1 unspecified atom stereocenters. The van der Waals surface area contributed by atoms with Crippen LogP contribution in [0, 0.1) is 0 Å². The van der Waals surface area contributed by atoms with Gasteiger partial charge in [0.05, 0.1) is 24.0 Å². The molecule has 3 N–H and O–H groups in total. The Hall–Kier alpha value is -3.62. The van der Waals surface area contributed by atoms with Crippen molar-refractivity contribution in [3.63, 3.8) is 0 Å². The minimum atomic E-state index is -0.669. The van der Waals surface area contributed by atoms with Crippen LogP contribution in [0.5, 0.6) is 5.75 Å². The van der Waals surface area contributed by atoms with Gasteiger partial charge in [-0.1, -0.05) is 38.1 Å². The fourth-order valence-corrected chi connectivity index (χ4v) is 4.61. The molecule has 0 saturated carbocycles. The first kappa shape index (κ1) is 27.4. The molecule has 2 aromatic carbocycles. The summed E-state index contributed by atoms with van der Waals surface area (Å²) in [5.41, 5.74) is 3.67. The molecule has 0 bridgehead atoms. The highest BCUT2D eigenvalue weighted by Crippen LogP contribution is 2.29. The van der Waals surface area contributed by atoms with E-state index in [1.165, 1.54) is 5.56 Å². The van der Waals surface area contributed by atoms with Gasteiger partial charge in [0.2, 0.25) is 0 Å². The van der Waals surface area contributed by atoms with Crippen molar-refractivity contribution >= 4 is 23.1 Å². The summed E-state index contributed by atoms with van der Waals surface area (Å²) in [5, 5.41) is 16.8. The molecule has 8 nitrogen and oxygen atoms in total. The lowest BCUT2D eigenvalue weighted by atomic mass is 10.0. The number of β-amino-alcohol motifs (C(OH)–C–C–N with tert-alkyl or cyclic N) is 1. The molecule has 1 atom stereocenters. The molecule has 1 fully saturated rings. The van der Waals surface area contributed by atoms with Crippen molar-refractivity contribution in [3.8, 4) is 5.75 Å². The van der Waals surface area contributed by atoms with E-state index in [-0.39, 0.29) is 12.5 Å². The third-order valence-corrected chi connectivity index (χ3v) is 6.74. The first-order valence-corrected chi connectivity index (χ1v) is 13.4. The maximum absolute atomic E-state index is 12.9. The van der Waals surface area contributed by atoms with Crippen LogP contribution in [0.3, 0.4) is 0 Å². The highest BCUT2D eigenvalue weighted by molar-refractivity contribution is 5.99. The number of carbonyl (C=O) groups is 1. The van der Waals surface area contributed by atoms with Crippen molar-refractivity contribution < 1.29 is 14.6 Å². The molecule has 1 saturated heterocycles. The first-order valence-electron chi connectivity index (χ1n) is 13.4. The summed E-state index contributed by atoms with van der Waals surface area (Å²) in [6.45, 7) is 11.0. The number of benzene rings is 2. The molecule has 1 aliphatic heterocycles. The molecule has 3 aromatic rings. The molecule has 38 heavy (non-hydrogen) atoms. The number of aliphatic hydroxyl groups excluding tert-OH is 1. The van der Waals surface area contributed by atoms with Crippen LogP contribution in [0.1, 0.15) is 42.6 Å². The number of ether oxygens (including phenoxy) is 1. The SMILES string of the molecule is CCOc1ccccc1N1CCN(CC(O)CNC(=O)c2cccnc2Nc2ccc(C(C)C)cc2)CC1. The summed E-state index contributed by atoms with van der Waals surface area (Å²) in [7, 11) is 0. The molecular weight excluding hydrogens is 478 g/mol. The number of nitrogens with zero attached hydrogens (tertiary/aromatic N) is 3. The zero-order valence-electron chi connectivity index (χ0n) is 22.6. The van der Waals surface area contributed by atoms with Crippen molar-refractivity contribution in [2.45, 2.75) is 32.8 Å². The second-order valence-electron chi connectivity index (χ2n) is 9.85. The predicted molar refractivity (Wildman–Crippen MR) is 153 cm³/mol. The molecule has 1 aromatic heterocycles. The predicted octanol–water partition coefficient (Wildman–Crippen LogP) is 4.26. The maximum Gasteiger partial charge on any atom is 0.255 e. The minimum Gasteiger partial charge on any atom is -0.492 e. The molecular formula is C30H39N5O3. The van der Waals surface area contributed by atoms with Crippen molar-refractivity contribution in [1.29, 1.82) is 0 Å². The van der Waals surface area contributed by atoms with E-state index < -0.39 is 6.10 Å². The van der Waals surface area contributed by atoms with Crippen LogP contribution in [0.2, 0.25) is 0 Å². The Balaban J connectivity index is 1.26. The summed E-state index contributed by atoms with van der Waals surface area (Å²) in [6, 6.07) is 19.7. The average Bonchev–Trinajstić information content (AvgIpc) is 2.93. The summed E-state index contributed by atoms with van der Waals surface area (Å²) in [6.07, 6.45) is 0.987. The third kappa shape index (κ3) is 7.24. The molecule has 0 radical (unpaired) electrons. The molecule has 1 aliphatic rings. The van der Waals surface area contributed by atoms with Gasteiger partial charge in [-0.2, -0.15) is 0 Å². The molecule has 2 heterocycles. The largest absolute Gasteiger partial charge is 0.492 e.